The van der Waals surface area contributed by atoms with Gasteiger partial charge < -0.3 is 10.6 Å². The highest BCUT2D eigenvalue weighted by Crippen LogP contribution is 2.36. The summed E-state index contributed by atoms with van der Waals surface area (Å²) in [7, 11) is 0. The van der Waals surface area contributed by atoms with Crippen molar-refractivity contribution in [3.8, 4) is 11.4 Å². The highest BCUT2D eigenvalue weighted by atomic mass is 19.4. The van der Waals surface area contributed by atoms with E-state index in [-0.39, 0.29) is 28.5 Å². The summed E-state index contributed by atoms with van der Waals surface area (Å²) in [5.41, 5.74) is -2.21. The second-order valence-corrected chi connectivity index (χ2v) is 8.44. The van der Waals surface area contributed by atoms with Gasteiger partial charge in [0.05, 0.1) is 23.0 Å². The molecule has 0 aromatic carbocycles. The maximum Gasteiger partial charge on any atom is 0.418 e. The average Bonchev–Trinajstić information content (AvgIpc) is 2.83. The number of nitrogens with zero attached hydrogens (tertiary/aromatic N) is 6. The van der Waals surface area contributed by atoms with Crippen LogP contribution >= 0.6 is 0 Å². The molecule has 37 heavy (non-hydrogen) atoms. The van der Waals surface area contributed by atoms with Crippen molar-refractivity contribution in [3.05, 3.63) is 54.0 Å². The molecule has 0 radical (unpaired) electrons. The van der Waals surface area contributed by atoms with Crippen molar-refractivity contribution in [1.29, 1.82) is 0 Å². The van der Waals surface area contributed by atoms with Crippen LogP contribution in [0, 0.1) is 5.92 Å². The minimum Gasteiger partial charge on any atom is -0.369 e. The molecule has 8 nitrogen and oxygen atoms in total. The maximum atomic E-state index is 13.8. The zero-order valence-electron chi connectivity index (χ0n) is 19.5. The Bertz CT molecular complexity index is 1390. The van der Waals surface area contributed by atoms with E-state index < -0.39 is 29.2 Å². The Kier molecular flexibility index (Phi) is 7.09. The van der Waals surface area contributed by atoms with Crippen LogP contribution in [0.3, 0.4) is 0 Å². The van der Waals surface area contributed by atoms with E-state index in [2.05, 4.69) is 40.8 Å². The fourth-order valence-corrected chi connectivity index (χ4v) is 3.28. The molecule has 194 valence electrons. The highest BCUT2D eigenvalue weighted by molar-refractivity contribution is 5.87. The molecule has 4 aromatic rings. The quantitative estimate of drug-likeness (QED) is 0.280. The summed E-state index contributed by atoms with van der Waals surface area (Å²) in [4.78, 5) is 16.2. The van der Waals surface area contributed by atoms with Crippen molar-refractivity contribution in [3.63, 3.8) is 0 Å². The van der Waals surface area contributed by atoms with Crippen molar-refractivity contribution in [2.24, 2.45) is 5.92 Å². The van der Waals surface area contributed by atoms with Gasteiger partial charge in [-0.15, -0.1) is 10.2 Å². The average molecular weight is 522 g/mol. The first-order valence-electron chi connectivity index (χ1n) is 11.0. The Balaban J connectivity index is 1.65. The van der Waals surface area contributed by atoms with Crippen LogP contribution in [0.5, 0.6) is 0 Å². The summed E-state index contributed by atoms with van der Waals surface area (Å²) in [6.07, 6.45) is -5.43. The van der Waals surface area contributed by atoms with Crippen molar-refractivity contribution in [2.45, 2.75) is 32.6 Å². The van der Waals surface area contributed by atoms with E-state index >= 15 is 0 Å². The first-order valence-corrected chi connectivity index (χ1v) is 11.0. The minimum atomic E-state index is -4.73. The fourth-order valence-electron chi connectivity index (χ4n) is 3.28. The molecule has 0 bridgehead atoms. The number of fused-ring (bicyclic) bond motifs is 1. The second kappa shape index (κ2) is 10.1. The third-order valence-corrected chi connectivity index (χ3v) is 5.17. The molecular weight excluding hydrogens is 502 g/mol. The van der Waals surface area contributed by atoms with Crippen LogP contribution in [0.1, 0.15) is 31.4 Å². The van der Waals surface area contributed by atoms with Gasteiger partial charge in [-0.25, -0.2) is 19.9 Å². The number of halogens is 6. The van der Waals surface area contributed by atoms with Gasteiger partial charge in [0.2, 0.25) is 0 Å². The minimum absolute atomic E-state index is 0.0107. The molecule has 4 rings (SSSR count). The van der Waals surface area contributed by atoms with Crippen LogP contribution in [0.4, 0.5) is 43.7 Å². The van der Waals surface area contributed by atoms with Crippen molar-refractivity contribution in [2.75, 3.05) is 17.2 Å². The fraction of sp³-hybridized carbons (Fsp3) is 0.304. The lowest BCUT2D eigenvalue weighted by Crippen LogP contribution is -2.13. The van der Waals surface area contributed by atoms with Gasteiger partial charge in [-0.1, -0.05) is 13.8 Å². The molecule has 0 saturated heterocycles. The Morgan fingerprint density at radius 2 is 1.65 bits per heavy atom. The van der Waals surface area contributed by atoms with Crippen LogP contribution in [0.15, 0.2) is 42.9 Å². The lowest BCUT2D eigenvalue weighted by molar-refractivity contribution is -0.138. The predicted octanol–water partition coefficient (Wildman–Crippen LogP) is 6.12. The van der Waals surface area contributed by atoms with Crippen LogP contribution in [-0.4, -0.2) is 36.7 Å². The number of nitrogens with one attached hydrogen (secondary N) is 2. The first kappa shape index (κ1) is 26.0. The molecule has 0 saturated carbocycles. The molecule has 0 atom stereocenters. The lowest BCUT2D eigenvalue weighted by Gasteiger charge is -2.14. The SMILES string of the molecule is CC(C)CCNc1cc(C(F)(F)F)c(-c2cnc3c(Nc4ccc(C(F)(F)F)cn4)ccnc3n2)nn1. The molecule has 0 spiro atoms. The maximum absolute atomic E-state index is 13.8. The number of rotatable bonds is 7. The Morgan fingerprint density at radius 1 is 0.865 bits per heavy atom. The van der Waals surface area contributed by atoms with Crippen molar-refractivity contribution >= 4 is 28.5 Å². The Labute approximate surface area is 206 Å². The molecule has 14 heteroatoms. The van der Waals surface area contributed by atoms with Gasteiger partial charge in [0.15, 0.2) is 5.65 Å². The zero-order chi connectivity index (χ0) is 26.8. The van der Waals surface area contributed by atoms with Gasteiger partial charge >= 0.3 is 12.4 Å². The number of hydrogen-bond acceptors (Lipinski definition) is 8. The summed E-state index contributed by atoms with van der Waals surface area (Å²) in [6, 6.07) is 4.35. The van der Waals surface area contributed by atoms with Crippen LogP contribution in [-0.2, 0) is 12.4 Å². The van der Waals surface area contributed by atoms with Crippen molar-refractivity contribution in [1.82, 2.24) is 30.1 Å². The molecule has 2 N–H and O–H groups in total. The molecule has 0 aliphatic carbocycles. The summed E-state index contributed by atoms with van der Waals surface area (Å²) >= 11 is 0. The summed E-state index contributed by atoms with van der Waals surface area (Å²) in [5.74, 6) is 0.438. The summed E-state index contributed by atoms with van der Waals surface area (Å²) in [6.45, 7) is 4.42. The van der Waals surface area contributed by atoms with Gasteiger partial charge in [-0.2, -0.15) is 26.3 Å². The van der Waals surface area contributed by atoms with E-state index in [4.69, 9.17) is 0 Å². The van der Waals surface area contributed by atoms with E-state index in [0.717, 1.165) is 30.8 Å². The second-order valence-electron chi connectivity index (χ2n) is 8.44. The number of anilines is 3. The molecular formula is C23H20F6N8. The molecule has 0 aliphatic rings. The zero-order valence-corrected chi connectivity index (χ0v) is 19.5. The van der Waals surface area contributed by atoms with E-state index in [9.17, 15) is 26.3 Å². The Morgan fingerprint density at radius 3 is 2.30 bits per heavy atom. The van der Waals surface area contributed by atoms with Crippen LogP contribution < -0.4 is 10.6 Å². The van der Waals surface area contributed by atoms with Crippen molar-refractivity contribution < 1.29 is 26.3 Å². The normalized spacial score (nSPS) is 12.2. The third kappa shape index (κ3) is 6.19. The highest BCUT2D eigenvalue weighted by Gasteiger charge is 2.36. The van der Waals surface area contributed by atoms with Gasteiger partial charge in [0, 0.05) is 18.9 Å². The molecule has 4 aromatic heterocycles. The third-order valence-electron chi connectivity index (χ3n) is 5.17. The first-order chi connectivity index (χ1) is 17.4. The Hall–Kier alpha value is -4.10. The molecule has 0 aliphatic heterocycles. The smallest absolute Gasteiger partial charge is 0.369 e. The lowest BCUT2D eigenvalue weighted by atomic mass is 10.1. The predicted molar refractivity (Wildman–Crippen MR) is 124 cm³/mol. The molecule has 0 amide bonds. The topological polar surface area (TPSA) is 101 Å². The number of alkyl halides is 6. The van der Waals surface area contributed by atoms with Gasteiger partial charge in [-0.05, 0) is 36.6 Å². The summed E-state index contributed by atoms with van der Waals surface area (Å²) < 4.78 is 79.8. The van der Waals surface area contributed by atoms with E-state index in [1.54, 1.807) is 0 Å². The van der Waals surface area contributed by atoms with E-state index in [1.807, 2.05) is 13.8 Å². The molecule has 0 fully saturated rings. The molecule has 4 heterocycles. The van der Waals surface area contributed by atoms with Crippen LogP contribution in [0.25, 0.3) is 22.6 Å². The van der Waals surface area contributed by atoms with E-state index in [1.165, 1.54) is 12.3 Å². The standard InChI is InChI=1S/C23H20F6N8/c1-12(2)5-7-30-18-9-14(23(27,28)29)19(37-36-18)16-11-33-20-15(6-8-31-21(20)35-16)34-17-4-3-13(10-32-17)22(24,25)26/h3-4,6,8-12H,5,7H2,1-2H3,(H,30,36)(H,31,32,34,35). The van der Waals surface area contributed by atoms with Crippen LogP contribution in [0.2, 0.25) is 0 Å². The van der Waals surface area contributed by atoms with Gasteiger partial charge in [0.1, 0.15) is 28.5 Å². The largest absolute Gasteiger partial charge is 0.418 e. The number of hydrogen-bond donors (Lipinski definition) is 2. The van der Waals surface area contributed by atoms with Gasteiger partial charge in [-0.3, -0.25) is 0 Å². The van der Waals surface area contributed by atoms with Gasteiger partial charge in [0.25, 0.3) is 0 Å². The monoisotopic (exact) mass is 522 g/mol. The van der Waals surface area contributed by atoms with E-state index in [0.29, 0.717) is 24.3 Å². The number of aromatic nitrogens is 6. The molecule has 0 unspecified atom stereocenters. The number of pyridine rings is 2. The summed E-state index contributed by atoms with van der Waals surface area (Å²) in [5, 5.41) is 13.3.